The van der Waals surface area contributed by atoms with Crippen molar-refractivity contribution in [1.29, 1.82) is 0 Å². The van der Waals surface area contributed by atoms with Crippen LogP contribution in [0.3, 0.4) is 0 Å². The molecule has 16 heavy (non-hydrogen) atoms. The SMILES string of the molecule is CC(C1CC1)N(C)CC(N)c1ccccc1. The molecular weight excluding hydrogens is 196 g/mol. The Labute approximate surface area is 98.4 Å². The predicted octanol–water partition coefficient (Wildman–Crippen LogP) is 2.42. The number of hydrogen-bond acceptors (Lipinski definition) is 2. The van der Waals surface area contributed by atoms with Crippen LogP contribution in [0.1, 0.15) is 31.4 Å². The monoisotopic (exact) mass is 218 g/mol. The molecule has 0 aromatic heterocycles. The van der Waals surface area contributed by atoms with Gasteiger partial charge in [0.1, 0.15) is 0 Å². The molecule has 1 aliphatic carbocycles. The third-order valence-corrected chi connectivity index (χ3v) is 3.71. The molecule has 88 valence electrons. The van der Waals surface area contributed by atoms with Gasteiger partial charge in [0, 0.05) is 18.6 Å². The molecule has 1 aliphatic rings. The molecule has 2 heteroatoms. The van der Waals surface area contributed by atoms with E-state index in [0.29, 0.717) is 6.04 Å². The van der Waals surface area contributed by atoms with E-state index in [2.05, 4.69) is 43.1 Å². The van der Waals surface area contributed by atoms with Gasteiger partial charge in [0.15, 0.2) is 0 Å². The van der Waals surface area contributed by atoms with Crippen LogP contribution in [0.25, 0.3) is 0 Å². The van der Waals surface area contributed by atoms with Crippen LogP contribution >= 0.6 is 0 Å². The van der Waals surface area contributed by atoms with Crippen molar-refractivity contribution in [2.24, 2.45) is 11.7 Å². The first kappa shape index (κ1) is 11.6. The van der Waals surface area contributed by atoms with Crippen molar-refractivity contribution in [2.75, 3.05) is 13.6 Å². The van der Waals surface area contributed by atoms with Gasteiger partial charge >= 0.3 is 0 Å². The van der Waals surface area contributed by atoms with Gasteiger partial charge < -0.3 is 10.6 Å². The summed E-state index contributed by atoms with van der Waals surface area (Å²) in [6, 6.07) is 11.2. The minimum absolute atomic E-state index is 0.132. The molecule has 2 unspecified atom stereocenters. The fourth-order valence-corrected chi connectivity index (χ4v) is 2.22. The number of hydrogen-bond donors (Lipinski definition) is 1. The maximum Gasteiger partial charge on any atom is 0.0424 e. The first-order valence-corrected chi connectivity index (χ1v) is 6.19. The van der Waals surface area contributed by atoms with Gasteiger partial charge in [0.25, 0.3) is 0 Å². The van der Waals surface area contributed by atoms with Crippen LogP contribution in [-0.4, -0.2) is 24.5 Å². The van der Waals surface area contributed by atoms with Gasteiger partial charge in [-0.15, -0.1) is 0 Å². The zero-order valence-electron chi connectivity index (χ0n) is 10.3. The van der Waals surface area contributed by atoms with E-state index in [9.17, 15) is 0 Å². The summed E-state index contributed by atoms with van der Waals surface area (Å²) in [4.78, 5) is 2.40. The number of rotatable bonds is 5. The Morgan fingerprint density at radius 3 is 2.50 bits per heavy atom. The molecule has 2 atom stereocenters. The lowest BCUT2D eigenvalue weighted by Gasteiger charge is -2.27. The summed E-state index contributed by atoms with van der Waals surface area (Å²) in [6.45, 7) is 3.26. The number of nitrogens with two attached hydrogens (primary N) is 1. The number of likely N-dealkylation sites (N-methyl/N-ethyl adjacent to an activating group) is 1. The lowest BCUT2D eigenvalue weighted by molar-refractivity contribution is 0.221. The molecule has 0 radical (unpaired) electrons. The minimum Gasteiger partial charge on any atom is -0.323 e. The second-order valence-corrected chi connectivity index (χ2v) is 5.03. The number of nitrogens with zero attached hydrogens (tertiary/aromatic N) is 1. The maximum atomic E-state index is 6.21. The first-order chi connectivity index (χ1) is 7.68. The highest BCUT2D eigenvalue weighted by Gasteiger charge is 2.30. The normalized spacial score (nSPS) is 19.8. The fraction of sp³-hybridized carbons (Fsp3) is 0.571. The second kappa shape index (κ2) is 4.98. The predicted molar refractivity (Wildman–Crippen MR) is 68.2 cm³/mol. The van der Waals surface area contributed by atoms with E-state index >= 15 is 0 Å². The van der Waals surface area contributed by atoms with Crippen LogP contribution in [-0.2, 0) is 0 Å². The average Bonchev–Trinajstić information content (AvgIpc) is 3.13. The summed E-state index contributed by atoms with van der Waals surface area (Å²) in [5.74, 6) is 0.910. The van der Waals surface area contributed by atoms with Crippen LogP contribution < -0.4 is 5.73 Å². The molecule has 1 aromatic carbocycles. The highest BCUT2D eigenvalue weighted by Crippen LogP contribution is 2.34. The molecule has 0 amide bonds. The summed E-state index contributed by atoms with van der Waals surface area (Å²) in [6.07, 6.45) is 2.79. The van der Waals surface area contributed by atoms with Crippen LogP contribution in [0, 0.1) is 5.92 Å². The molecule has 0 bridgehead atoms. The van der Waals surface area contributed by atoms with E-state index in [1.54, 1.807) is 0 Å². The molecular formula is C14H22N2. The zero-order chi connectivity index (χ0) is 11.5. The summed E-state index contributed by atoms with van der Waals surface area (Å²) >= 11 is 0. The molecule has 1 saturated carbocycles. The van der Waals surface area contributed by atoms with Crippen molar-refractivity contribution < 1.29 is 0 Å². The molecule has 1 aromatic rings. The first-order valence-electron chi connectivity index (χ1n) is 6.19. The molecule has 0 spiro atoms. The number of benzene rings is 1. The molecule has 2 rings (SSSR count). The Morgan fingerprint density at radius 1 is 1.31 bits per heavy atom. The van der Waals surface area contributed by atoms with Crippen LogP contribution in [0.15, 0.2) is 30.3 Å². The van der Waals surface area contributed by atoms with Gasteiger partial charge in [0.2, 0.25) is 0 Å². The summed E-state index contributed by atoms with van der Waals surface area (Å²) in [5.41, 5.74) is 7.45. The zero-order valence-corrected chi connectivity index (χ0v) is 10.3. The standard InChI is InChI=1S/C14H22N2/c1-11(12-8-9-12)16(2)10-14(15)13-6-4-3-5-7-13/h3-7,11-12,14H,8-10,15H2,1-2H3. The van der Waals surface area contributed by atoms with E-state index in [4.69, 9.17) is 5.73 Å². The van der Waals surface area contributed by atoms with Gasteiger partial charge in [-0.1, -0.05) is 30.3 Å². The fourth-order valence-electron chi connectivity index (χ4n) is 2.22. The lowest BCUT2D eigenvalue weighted by Crippen LogP contribution is -2.36. The molecule has 0 saturated heterocycles. The highest BCUT2D eigenvalue weighted by molar-refractivity contribution is 5.18. The smallest absolute Gasteiger partial charge is 0.0424 e. The largest absolute Gasteiger partial charge is 0.323 e. The van der Waals surface area contributed by atoms with E-state index in [1.807, 2.05) is 6.07 Å². The molecule has 0 heterocycles. The van der Waals surface area contributed by atoms with Crippen molar-refractivity contribution in [1.82, 2.24) is 4.90 Å². The van der Waals surface area contributed by atoms with Crippen LogP contribution in [0.5, 0.6) is 0 Å². The third kappa shape index (κ3) is 2.83. The molecule has 2 N–H and O–H groups in total. The van der Waals surface area contributed by atoms with E-state index < -0.39 is 0 Å². The molecule has 1 fully saturated rings. The van der Waals surface area contributed by atoms with Crippen molar-refractivity contribution in [3.05, 3.63) is 35.9 Å². The highest BCUT2D eigenvalue weighted by atomic mass is 15.1. The Bertz CT molecular complexity index is 319. The third-order valence-electron chi connectivity index (χ3n) is 3.71. The van der Waals surface area contributed by atoms with E-state index in [-0.39, 0.29) is 6.04 Å². The van der Waals surface area contributed by atoms with Gasteiger partial charge in [0.05, 0.1) is 0 Å². The van der Waals surface area contributed by atoms with E-state index in [1.165, 1.54) is 18.4 Å². The van der Waals surface area contributed by atoms with Crippen molar-refractivity contribution in [2.45, 2.75) is 31.8 Å². The van der Waals surface area contributed by atoms with Crippen molar-refractivity contribution in [3.63, 3.8) is 0 Å². The average molecular weight is 218 g/mol. The Balaban J connectivity index is 1.89. The van der Waals surface area contributed by atoms with Gasteiger partial charge in [-0.3, -0.25) is 0 Å². The summed E-state index contributed by atoms with van der Waals surface area (Å²) in [5, 5.41) is 0. The second-order valence-electron chi connectivity index (χ2n) is 5.03. The van der Waals surface area contributed by atoms with Gasteiger partial charge in [-0.05, 0) is 38.3 Å². The molecule has 0 aliphatic heterocycles. The Hall–Kier alpha value is -0.860. The van der Waals surface area contributed by atoms with Crippen molar-refractivity contribution in [3.8, 4) is 0 Å². The molecule has 2 nitrogen and oxygen atoms in total. The van der Waals surface area contributed by atoms with Gasteiger partial charge in [-0.2, -0.15) is 0 Å². The quantitative estimate of drug-likeness (QED) is 0.822. The minimum atomic E-state index is 0.132. The van der Waals surface area contributed by atoms with Gasteiger partial charge in [-0.25, -0.2) is 0 Å². The summed E-state index contributed by atoms with van der Waals surface area (Å²) in [7, 11) is 2.19. The topological polar surface area (TPSA) is 29.3 Å². The van der Waals surface area contributed by atoms with Crippen molar-refractivity contribution >= 4 is 0 Å². The summed E-state index contributed by atoms with van der Waals surface area (Å²) < 4.78 is 0. The van der Waals surface area contributed by atoms with Crippen LogP contribution in [0.4, 0.5) is 0 Å². The lowest BCUT2D eigenvalue weighted by atomic mass is 10.1. The maximum absolute atomic E-state index is 6.21. The Kier molecular flexibility index (Phi) is 3.62. The van der Waals surface area contributed by atoms with E-state index in [0.717, 1.165) is 12.5 Å². The van der Waals surface area contributed by atoms with Crippen LogP contribution in [0.2, 0.25) is 0 Å². The Morgan fingerprint density at radius 2 is 1.94 bits per heavy atom.